The van der Waals surface area contributed by atoms with Crippen molar-refractivity contribution in [2.45, 2.75) is 6.92 Å². The average Bonchev–Trinajstić information content (AvgIpc) is 2.84. The van der Waals surface area contributed by atoms with Crippen LogP contribution in [-0.4, -0.2) is 9.97 Å². The van der Waals surface area contributed by atoms with E-state index in [1.807, 2.05) is 31.2 Å². The molecule has 0 radical (unpaired) electrons. The average molecular weight is 233 g/mol. The highest BCUT2D eigenvalue weighted by Gasteiger charge is 2.14. The summed E-state index contributed by atoms with van der Waals surface area (Å²) in [7, 11) is 0. The predicted molar refractivity (Wildman–Crippen MR) is 63.5 cm³/mol. The molecule has 4 heteroatoms. The molecule has 0 saturated carbocycles. The molecule has 2 aromatic heterocycles. The van der Waals surface area contributed by atoms with E-state index < -0.39 is 0 Å². The van der Waals surface area contributed by atoms with Gasteiger partial charge in [0.1, 0.15) is 11.5 Å². The lowest BCUT2D eigenvalue weighted by molar-refractivity contribution is 0.541. The number of H-pyrrole nitrogens is 1. The van der Waals surface area contributed by atoms with Crippen LogP contribution in [0, 0.1) is 6.92 Å². The lowest BCUT2D eigenvalue weighted by atomic mass is 10.2. The first-order chi connectivity index (χ1) is 7.75. The van der Waals surface area contributed by atoms with Gasteiger partial charge in [-0.1, -0.05) is 29.8 Å². The van der Waals surface area contributed by atoms with Crippen LogP contribution in [0.4, 0.5) is 0 Å². The van der Waals surface area contributed by atoms with E-state index in [1.165, 1.54) is 0 Å². The zero-order valence-corrected chi connectivity index (χ0v) is 9.38. The van der Waals surface area contributed by atoms with Crippen molar-refractivity contribution in [3.63, 3.8) is 0 Å². The van der Waals surface area contributed by atoms with Crippen LogP contribution in [0.1, 0.15) is 5.76 Å². The number of aromatic amines is 1. The van der Waals surface area contributed by atoms with Crippen LogP contribution < -0.4 is 0 Å². The fourth-order valence-corrected chi connectivity index (χ4v) is 2.02. The predicted octanol–water partition coefficient (Wildman–Crippen LogP) is 3.78. The van der Waals surface area contributed by atoms with Gasteiger partial charge in [0.2, 0.25) is 5.89 Å². The van der Waals surface area contributed by atoms with Gasteiger partial charge in [-0.25, -0.2) is 4.98 Å². The number of aryl methyl sites for hydroxylation is 1. The van der Waals surface area contributed by atoms with Gasteiger partial charge in [0, 0.05) is 10.9 Å². The van der Waals surface area contributed by atoms with Crippen molar-refractivity contribution < 1.29 is 4.42 Å². The number of hydrogen-bond donors (Lipinski definition) is 1. The quantitative estimate of drug-likeness (QED) is 0.694. The van der Waals surface area contributed by atoms with Gasteiger partial charge in [0.25, 0.3) is 0 Å². The zero-order valence-electron chi connectivity index (χ0n) is 8.62. The monoisotopic (exact) mass is 232 g/mol. The van der Waals surface area contributed by atoms with Gasteiger partial charge in [-0.15, -0.1) is 0 Å². The Labute approximate surface area is 97.1 Å². The van der Waals surface area contributed by atoms with Crippen LogP contribution in [0.25, 0.3) is 22.5 Å². The highest BCUT2D eigenvalue weighted by atomic mass is 35.5. The molecule has 0 spiro atoms. The van der Waals surface area contributed by atoms with Crippen LogP contribution in [-0.2, 0) is 0 Å². The molecule has 0 saturated heterocycles. The first-order valence-electron chi connectivity index (χ1n) is 4.95. The number of nitrogens with zero attached hydrogens (tertiary/aromatic N) is 1. The Balaban J connectivity index is 2.28. The van der Waals surface area contributed by atoms with Crippen LogP contribution in [0.15, 0.2) is 34.9 Å². The van der Waals surface area contributed by atoms with E-state index >= 15 is 0 Å². The molecule has 0 bridgehead atoms. The largest absolute Gasteiger partial charge is 0.440 e. The molecule has 3 aromatic rings. The van der Waals surface area contributed by atoms with Gasteiger partial charge >= 0.3 is 0 Å². The third kappa shape index (κ3) is 1.32. The maximum absolute atomic E-state index is 6.27. The number of halogens is 1. The molecular formula is C12H9ClN2O. The second-order valence-corrected chi connectivity index (χ2v) is 4.01. The minimum Gasteiger partial charge on any atom is -0.440 e. The minimum atomic E-state index is 0.527. The molecule has 0 amide bonds. The van der Waals surface area contributed by atoms with E-state index in [0.29, 0.717) is 10.9 Å². The van der Waals surface area contributed by atoms with Crippen molar-refractivity contribution in [3.8, 4) is 11.6 Å². The smallest absolute Gasteiger partial charge is 0.244 e. The Hall–Kier alpha value is -1.74. The number of oxazole rings is 1. The highest BCUT2D eigenvalue weighted by molar-refractivity contribution is 6.38. The topological polar surface area (TPSA) is 41.8 Å². The molecule has 0 atom stereocenters. The summed E-state index contributed by atoms with van der Waals surface area (Å²) in [5, 5.41) is 1.63. The maximum atomic E-state index is 6.27. The van der Waals surface area contributed by atoms with E-state index in [9.17, 15) is 0 Å². The first kappa shape index (κ1) is 9.48. The SMILES string of the molecule is Cc1cnc(-c2[nH]c3ccccc3c2Cl)o1. The molecule has 3 rings (SSSR count). The van der Waals surface area contributed by atoms with Gasteiger partial charge in [0.15, 0.2) is 0 Å². The van der Waals surface area contributed by atoms with Gasteiger partial charge in [-0.3, -0.25) is 0 Å². The molecule has 0 fully saturated rings. The zero-order chi connectivity index (χ0) is 11.1. The summed E-state index contributed by atoms with van der Waals surface area (Å²) >= 11 is 6.27. The number of para-hydroxylation sites is 1. The molecule has 16 heavy (non-hydrogen) atoms. The molecule has 0 aliphatic rings. The fraction of sp³-hybridized carbons (Fsp3) is 0.0833. The van der Waals surface area contributed by atoms with Crippen molar-refractivity contribution in [3.05, 3.63) is 41.2 Å². The van der Waals surface area contributed by atoms with E-state index in [2.05, 4.69) is 9.97 Å². The van der Waals surface area contributed by atoms with Crippen molar-refractivity contribution in [1.29, 1.82) is 0 Å². The number of rotatable bonds is 1. The lowest BCUT2D eigenvalue weighted by Crippen LogP contribution is -1.76. The summed E-state index contributed by atoms with van der Waals surface area (Å²) in [6.45, 7) is 1.85. The van der Waals surface area contributed by atoms with E-state index in [0.717, 1.165) is 22.4 Å². The Morgan fingerprint density at radius 2 is 2.12 bits per heavy atom. The normalized spacial score (nSPS) is 11.1. The van der Waals surface area contributed by atoms with E-state index in [1.54, 1.807) is 6.20 Å². The summed E-state index contributed by atoms with van der Waals surface area (Å²) in [6, 6.07) is 7.85. The molecule has 80 valence electrons. The van der Waals surface area contributed by atoms with Crippen molar-refractivity contribution in [1.82, 2.24) is 9.97 Å². The molecule has 0 aliphatic carbocycles. The Kier molecular flexibility index (Phi) is 2.01. The first-order valence-corrected chi connectivity index (χ1v) is 5.32. The number of nitrogens with one attached hydrogen (secondary N) is 1. The van der Waals surface area contributed by atoms with Crippen LogP contribution in [0.5, 0.6) is 0 Å². The molecule has 0 aliphatic heterocycles. The van der Waals surface area contributed by atoms with Gasteiger partial charge < -0.3 is 9.40 Å². The minimum absolute atomic E-state index is 0.527. The van der Waals surface area contributed by atoms with Gasteiger partial charge in [-0.2, -0.15) is 0 Å². The lowest BCUT2D eigenvalue weighted by Gasteiger charge is -1.90. The van der Waals surface area contributed by atoms with Gasteiger partial charge in [0.05, 0.1) is 11.2 Å². The van der Waals surface area contributed by atoms with Crippen molar-refractivity contribution >= 4 is 22.5 Å². The Bertz CT molecular complexity index is 654. The van der Waals surface area contributed by atoms with Crippen molar-refractivity contribution in [2.24, 2.45) is 0 Å². The third-order valence-electron chi connectivity index (χ3n) is 2.48. The van der Waals surface area contributed by atoms with Gasteiger partial charge in [-0.05, 0) is 13.0 Å². The van der Waals surface area contributed by atoms with E-state index in [4.69, 9.17) is 16.0 Å². The number of benzene rings is 1. The summed E-state index contributed by atoms with van der Waals surface area (Å²) in [5.74, 6) is 1.29. The summed E-state index contributed by atoms with van der Waals surface area (Å²) in [5.41, 5.74) is 1.72. The maximum Gasteiger partial charge on any atom is 0.244 e. The Morgan fingerprint density at radius 1 is 1.31 bits per heavy atom. The standard InChI is InChI=1S/C12H9ClN2O/c1-7-6-14-12(16-7)11-10(13)8-4-2-3-5-9(8)15-11/h2-6,15H,1H3. The van der Waals surface area contributed by atoms with Crippen LogP contribution in [0.3, 0.4) is 0 Å². The molecular weight excluding hydrogens is 224 g/mol. The van der Waals surface area contributed by atoms with E-state index in [-0.39, 0.29) is 0 Å². The molecule has 1 aromatic carbocycles. The summed E-state index contributed by atoms with van der Waals surface area (Å²) in [6.07, 6.45) is 1.68. The Morgan fingerprint density at radius 3 is 2.81 bits per heavy atom. The second kappa shape index (κ2) is 3.39. The molecule has 3 nitrogen and oxygen atoms in total. The number of aromatic nitrogens is 2. The summed E-state index contributed by atoms with van der Waals surface area (Å²) in [4.78, 5) is 7.37. The number of fused-ring (bicyclic) bond motifs is 1. The van der Waals surface area contributed by atoms with Crippen molar-refractivity contribution in [2.75, 3.05) is 0 Å². The molecule has 0 unspecified atom stereocenters. The highest BCUT2D eigenvalue weighted by Crippen LogP contribution is 2.33. The summed E-state index contributed by atoms with van der Waals surface area (Å²) < 4.78 is 5.45. The number of hydrogen-bond acceptors (Lipinski definition) is 2. The van der Waals surface area contributed by atoms with Crippen LogP contribution >= 0.6 is 11.6 Å². The molecule has 2 heterocycles. The second-order valence-electron chi connectivity index (χ2n) is 3.64. The fourth-order valence-electron chi connectivity index (χ4n) is 1.73. The third-order valence-corrected chi connectivity index (χ3v) is 2.87. The molecule has 1 N–H and O–H groups in total. The van der Waals surface area contributed by atoms with Crippen LogP contribution in [0.2, 0.25) is 5.02 Å².